The summed E-state index contributed by atoms with van der Waals surface area (Å²) >= 11 is 0. The van der Waals surface area contributed by atoms with Crippen LogP contribution in [-0.4, -0.2) is 0 Å². The number of hydrogen-bond donors (Lipinski definition) is 0. The van der Waals surface area contributed by atoms with Crippen LogP contribution in [0.3, 0.4) is 0 Å². The Labute approximate surface area is 350 Å². The maximum Gasteiger partial charge on any atom is 0.135 e. The molecule has 0 atom stereocenters. The van der Waals surface area contributed by atoms with Crippen molar-refractivity contribution in [3.8, 4) is 33.4 Å². The predicted octanol–water partition coefficient (Wildman–Crippen LogP) is 15.4. The van der Waals surface area contributed by atoms with Gasteiger partial charge in [-0.3, -0.25) is 0 Å². The minimum atomic E-state index is -0.493. The standard InChI is InChI=1S/C58H41NO/c1-57(2)49-23-12-11-22-47(49)56-52(57)26-15-27-53(56)59(42-31-28-39(29-32-42)38-16-5-3-6-17-38)43-33-35-54-48(37-43)46-34-30-41(36-55(46)60-54)58(40-18-7-4-8-19-40)50-24-13-9-20-44(50)45-21-10-14-25-51(45)58/h3-37H,1-2H3. The van der Waals surface area contributed by atoms with Gasteiger partial charge in [-0.15, -0.1) is 0 Å². The molecule has 0 bridgehead atoms. The first-order valence-corrected chi connectivity index (χ1v) is 20.9. The summed E-state index contributed by atoms with van der Waals surface area (Å²) in [6.07, 6.45) is 0. The van der Waals surface area contributed by atoms with Crippen molar-refractivity contribution in [2.45, 2.75) is 24.7 Å². The molecule has 2 heteroatoms. The smallest absolute Gasteiger partial charge is 0.135 e. The first-order valence-electron chi connectivity index (χ1n) is 20.9. The van der Waals surface area contributed by atoms with Gasteiger partial charge in [0.25, 0.3) is 0 Å². The fourth-order valence-electron chi connectivity index (χ4n) is 10.6. The van der Waals surface area contributed by atoms with Crippen LogP contribution in [0.25, 0.3) is 55.3 Å². The third-order valence-electron chi connectivity index (χ3n) is 13.4. The fraction of sp³-hybridized carbons (Fsp3) is 0.0690. The highest BCUT2D eigenvalue weighted by molar-refractivity contribution is 6.07. The lowest BCUT2D eigenvalue weighted by atomic mass is 9.67. The van der Waals surface area contributed by atoms with Crippen molar-refractivity contribution in [2.75, 3.05) is 4.90 Å². The van der Waals surface area contributed by atoms with Gasteiger partial charge < -0.3 is 9.32 Å². The van der Waals surface area contributed by atoms with Crippen LogP contribution in [0.4, 0.5) is 17.1 Å². The second kappa shape index (κ2) is 13.0. The lowest BCUT2D eigenvalue weighted by Gasteiger charge is -2.33. The van der Waals surface area contributed by atoms with Crippen LogP contribution in [0.2, 0.25) is 0 Å². The van der Waals surface area contributed by atoms with Crippen molar-refractivity contribution in [3.05, 3.63) is 246 Å². The molecule has 9 aromatic carbocycles. The van der Waals surface area contributed by atoms with Crippen LogP contribution in [0.15, 0.2) is 217 Å². The van der Waals surface area contributed by atoms with Gasteiger partial charge in [0, 0.05) is 33.1 Å². The first kappa shape index (κ1) is 34.6. The molecule has 2 aliphatic rings. The van der Waals surface area contributed by atoms with Crippen LogP contribution in [0.1, 0.15) is 47.2 Å². The van der Waals surface area contributed by atoms with E-state index in [1.54, 1.807) is 0 Å². The summed E-state index contributed by atoms with van der Waals surface area (Å²) in [5, 5.41) is 2.19. The summed E-state index contributed by atoms with van der Waals surface area (Å²) in [4.78, 5) is 2.44. The maximum absolute atomic E-state index is 6.85. The highest BCUT2D eigenvalue weighted by atomic mass is 16.3. The minimum absolute atomic E-state index is 0.120. The molecule has 12 rings (SSSR count). The summed E-state index contributed by atoms with van der Waals surface area (Å²) in [5.41, 5.74) is 19.8. The molecule has 0 amide bonds. The molecular weight excluding hydrogens is 727 g/mol. The van der Waals surface area contributed by atoms with Crippen molar-refractivity contribution < 1.29 is 4.42 Å². The van der Waals surface area contributed by atoms with E-state index in [0.29, 0.717) is 0 Å². The molecule has 2 aliphatic carbocycles. The van der Waals surface area contributed by atoms with Gasteiger partial charge in [-0.25, -0.2) is 0 Å². The van der Waals surface area contributed by atoms with Gasteiger partial charge in [0.15, 0.2) is 0 Å². The average molecular weight is 768 g/mol. The number of anilines is 3. The maximum atomic E-state index is 6.85. The van der Waals surface area contributed by atoms with E-state index in [0.717, 1.165) is 39.0 Å². The second-order valence-electron chi connectivity index (χ2n) is 16.8. The molecule has 10 aromatic rings. The highest BCUT2D eigenvalue weighted by Gasteiger charge is 2.46. The SMILES string of the molecule is CC1(C)c2ccccc2-c2c(N(c3ccc(-c4ccccc4)cc3)c3ccc4oc5cc(C6(c7ccccc7)c7ccccc7-c7ccccc76)ccc5c4c3)cccc21. The van der Waals surface area contributed by atoms with Gasteiger partial charge in [-0.05, 0) is 104 Å². The van der Waals surface area contributed by atoms with E-state index in [1.807, 2.05) is 0 Å². The molecular formula is C58H41NO. The topological polar surface area (TPSA) is 16.4 Å². The monoisotopic (exact) mass is 767 g/mol. The van der Waals surface area contributed by atoms with E-state index in [1.165, 1.54) is 66.8 Å². The van der Waals surface area contributed by atoms with E-state index in [4.69, 9.17) is 4.42 Å². The molecule has 0 radical (unpaired) electrons. The Morgan fingerprint density at radius 1 is 0.383 bits per heavy atom. The van der Waals surface area contributed by atoms with Crippen LogP contribution in [0.5, 0.6) is 0 Å². The van der Waals surface area contributed by atoms with Crippen LogP contribution in [-0.2, 0) is 10.8 Å². The molecule has 0 saturated carbocycles. The van der Waals surface area contributed by atoms with Gasteiger partial charge >= 0.3 is 0 Å². The van der Waals surface area contributed by atoms with Gasteiger partial charge in [0.05, 0.1) is 11.1 Å². The molecule has 0 fully saturated rings. The zero-order chi connectivity index (χ0) is 40.0. The minimum Gasteiger partial charge on any atom is -0.456 e. The molecule has 1 heterocycles. The number of fused-ring (bicyclic) bond motifs is 9. The zero-order valence-corrected chi connectivity index (χ0v) is 33.6. The van der Waals surface area contributed by atoms with Gasteiger partial charge in [0.2, 0.25) is 0 Å². The quantitative estimate of drug-likeness (QED) is 0.168. The Bertz CT molecular complexity index is 3240. The van der Waals surface area contributed by atoms with Crippen molar-refractivity contribution in [1.82, 2.24) is 0 Å². The lowest BCUT2D eigenvalue weighted by Crippen LogP contribution is -2.28. The number of nitrogens with zero attached hydrogens (tertiary/aromatic N) is 1. The zero-order valence-electron chi connectivity index (χ0n) is 33.6. The molecule has 0 aliphatic heterocycles. The lowest BCUT2D eigenvalue weighted by molar-refractivity contribution is 0.660. The molecule has 0 unspecified atom stereocenters. The Hall–Kier alpha value is -7.42. The number of furan rings is 1. The number of rotatable bonds is 6. The van der Waals surface area contributed by atoms with Crippen LogP contribution in [0, 0.1) is 0 Å². The molecule has 284 valence electrons. The van der Waals surface area contributed by atoms with Crippen LogP contribution >= 0.6 is 0 Å². The number of hydrogen-bond acceptors (Lipinski definition) is 2. The first-order chi connectivity index (χ1) is 29.5. The van der Waals surface area contributed by atoms with Gasteiger partial charge in [0.1, 0.15) is 11.2 Å². The Kier molecular flexibility index (Phi) is 7.52. The van der Waals surface area contributed by atoms with Crippen molar-refractivity contribution in [3.63, 3.8) is 0 Å². The summed E-state index contributed by atoms with van der Waals surface area (Å²) in [5.74, 6) is 0. The van der Waals surface area contributed by atoms with Gasteiger partial charge in [-0.1, -0.05) is 184 Å². The Morgan fingerprint density at radius 3 is 1.68 bits per heavy atom. The molecule has 0 saturated heterocycles. The third-order valence-corrected chi connectivity index (χ3v) is 13.4. The van der Waals surface area contributed by atoms with Gasteiger partial charge in [-0.2, -0.15) is 0 Å². The molecule has 60 heavy (non-hydrogen) atoms. The summed E-state index contributed by atoms with van der Waals surface area (Å²) in [6.45, 7) is 4.70. The van der Waals surface area contributed by atoms with E-state index in [-0.39, 0.29) is 5.41 Å². The molecule has 2 nitrogen and oxygen atoms in total. The van der Waals surface area contributed by atoms with E-state index in [2.05, 4.69) is 231 Å². The summed E-state index contributed by atoms with van der Waals surface area (Å²) in [7, 11) is 0. The normalized spacial score (nSPS) is 14.1. The summed E-state index contributed by atoms with van der Waals surface area (Å²) in [6, 6.07) is 77.7. The van der Waals surface area contributed by atoms with E-state index < -0.39 is 5.41 Å². The molecule has 0 N–H and O–H groups in total. The van der Waals surface area contributed by atoms with E-state index >= 15 is 0 Å². The largest absolute Gasteiger partial charge is 0.456 e. The molecule has 1 aromatic heterocycles. The van der Waals surface area contributed by atoms with E-state index in [9.17, 15) is 0 Å². The second-order valence-corrected chi connectivity index (χ2v) is 16.8. The summed E-state index contributed by atoms with van der Waals surface area (Å²) < 4.78 is 6.85. The Morgan fingerprint density at radius 2 is 0.967 bits per heavy atom. The van der Waals surface area contributed by atoms with Crippen molar-refractivity contribution in [2.24, 2.45) is 0 Å². The Balaban J connectivity index is 1.05. The third kappa shape index (κ3) is 4.88. The highest BCUT2D eigenvalue weighted by Crippen LogP contribution is 2.57. The van der Waals surface area contributed by atoms with Crippen molar-refractivity contribution >= 4 is 39.0 Å². The van der Waals surface area contributed by atoms with Crippen LogP contribution < -0.4 is 4.90 Å². The van der Waals surface area contributed by atoms with Crippen molar-refractivity contribution in [1.29, 1.82) is 0 Å². The predicted molar refractivity (Wildman–Crippen MR) is 249 cm³/mol. The average Bonchev–Trinajstić information content (AvgIpc) is 3.91. The fourth-order valence-corrected chi connectivity index (χ4v) is 10.6. The molecule has 0 spiro atoms. The number of benzene rings is 9.